The molecule has 0 amide bonds. The lowest BCUT2D eigenvalue weighted by Crippen LogP contribution is -2.25. The highest BCUT2D eigenvalue weighted by molar-refractivity contribution is 5.66. The molecule has 0 unspecified atom stereocenters. The number of aryl methyl sites for hydroxylation is 1. The van der Waals surface area contributed by atoms with Crippen LogP contribution in [0.15, 0.2) is 10.9 Å². The molecule has 1 aromatic heterocycles. The number of aromatic nitrogens is 2. The summed E-state index contributed by atoms with van der Waals surface area (Å²) in [5.41, 5.74) is 0.524. The molecule has 0 aromatic carbocycles. The maximum atomic E-state index is 11.2. The zero-order chi connectivity index (χ0) is 10.0. The summed E-state index contributed by atoms with van der Waals surface area (Å²) in [5, 5.41) is 8.58. The molecule has 0 radical (unpaired) electrons. The predicted octanol–water partition coefficient (Wildman–Crippen LogP) is 0.0627. The van der Waals surface area contributed by atoms with Crippen molar-refractivity contribution in [1.82, 2.24) is 9.36 Å². The molecule has 1 rings (SSSR count). The van der Waals surface area contributed by atoms with E-state index in [1.165, 1.54) is 15.4 Å². The van der Waals surface area contributed by atoms with Crippen LogP contribution in [0.4, 0.5) is 0 Å². The van der Waals surface area contributed by atoms with Crippen LogP contribution in [0.1, 0.15) is 12.6 Å². The first-order chi connectivity index (χ1) is 6.06. The number of carboxylic acid groups (broad SMARTS) is 1. The molecule has 0 atom stereocenters. The molecule has 13 heavy (non-hydrogen) atoms. The van der Waals surface area contributed by atoms with Crippen LogP contribution >= 0.6 is 0 Å². The van der Waals surface area contributed by atoms with Gasteiger partial charge < -0.3 is 5.11 Å². The number of carbonyl (C=O) groups is 1. The molecule has 5 heteroatoms. The summed E-state index contributed by atoms with van der Waals surface area (Å²) in [4.78, 5) is 21.7. The Labute approximate surface area is 75.2 Å². The van der Waals surface area contributed by atoms with Crippen molar-refractivity contribution >= 4 is 5.97 Å². The van der Waals surface area contributed by atoms with E-state index < -0.39 is 5.97 Å². The smallest absolute Gasteiger partial charge is 0.325 e. The highest BCUT2D eigenvalue weighted by Gasteiger charge is 2.08. The average molecular weight is 184 g/mol. The molecule has 1 aromatic rings. The van der Waals surface area contributed by atoms with E-state index in [-0.39, 0.29) is 12.1 Å². The summed E-state index contributed by atoms with van der Waals surface area (Å²) in [6.45, 7) is 3.84. The molecule has 0 aliphatic carbocycles. The quantitative estimate of drug-likeness (QED) is 0.722. The van der Waals surface area contributed by atoms with Gasteiger partial charge in [0.15, 0.2) is 0 Å². The van der Waals surface area contributed by atoms with Crippen molar-refractivity contribution in [2.75, 3.05) is 0 Å². The second-order valence-corrected chi connectivity index (χ2v) is 2.79. The van der Waals surface area contributed by atoms with Crippen LogP contribution in [0, 0.1) is 6.92 Å². The highest BCUT2D eigenvalue weighted by atomic mass is 16.4. The molecular weight excluding hydrogens is 172 g/mol. The topological polar surface area (TPSA) is 64.2 Å². The maximum Gasteiger partial charge on any atom is 0.325 e. The number of nitrogens with zero attached hydrogens (tertiary/aromatic N) is 2. The third kappa shape index (κ3) is 1.80. The highest BCUT2D eigenvalue weighted by Crippen LogP contribution is 1.96. The number of hydrogen-bond acceptors (Lipinski definition) is 2. The van der Waals surface area contributed by atoms with E-state index in [9.17, 15) is 9.59 Å². The number of hydrogen-bond donors (Lipinski definition) is 1. The van der Waals surface area contributed by atoms with Crippen LogP contribution in [-0.4, -0.2) is 20.4 Å². The first-order valence-electron chi connectivity index (χ1n) is 4.05. The van der Waals surface area contributed by atoms with Gasteiger partial charge in [-0.1, -0.05) is 0 Å². The van der Waals surface area contributed by atoms with E-state index in [4.69, 9.17) is 5.11 Å². The van der Waals surface area contributed by atoms with Crippen LogP contribution in [0.5, 0.6) is 0 Å². The number of carboxylic acids is 1. The molecule has 0 bridgehead atoms. The van der Waals surface area contributed by atoms with Crippen molar-refractivity contribution in [3.05, 3.63) is 22.1 Å². The van der Waals surface area contributed by atoms with Gasteiger partial charge in [-0.15, -0.1) is 0 Å². The van der Waals surface area contributed by atoms with Crippen molar-refractivity contribution < 1.29 is 9.90 Å². The van der Waals surface area contributed by atoms with E-state index in [1.54, 1.807) is 13.8 Å². The van der Waals surface area contributed by atoms with Crippen molar-refractivity contribution in [3.8, 4) is 0 Å². The van der Waals surface area contributed by atoms with Crippen molar-refractivity contribution in [1.29, 1.82) is 0 Å². The predicted molar refractivity (Wildman–Crippen MR) is 46.7 cm³/mol. The molecule has 0 aliphatic rings. The van der Waals surface area contributed by atoms with E-state index in [0.29, 0.717) is 12.2 Å². The molecule has 1 N–H and O–H groups in total. The van der Waals surface area contributed by atoms with Crippen molar-refractivity contribution in [2.45, 2.75) is 26.9 Å². The first-order valence-corrected chi connectivity index (χ1v) is 4.05. The second-order valence-electron chi connectivity index (χ2n) is 2.79. The zero-order valence-corrected chi connectivity index (χ0v) is 7.65. The molecule has 0 fully saturated rings. The summed E-state index contributed by atoms with van der Waals surface area (Å²) in [7, 11) is 0. The normalized spacial score (nSPS) is 10.3. The van der Waals surface area contributed by atoms with Gasteiger partial charge in [0, 0.05) is 18.3 Å². The third-order valence-corrected chi connectivity index (χ3v) is 1.87. The van der Waals surface area contributed by atoms with Crippen LogP contribution in [0.2, 0.25) is 0 Å². The zero-order valence-electron chi connectivity index (χ0n) is 7.65. The second kappa shape index (κ2) is 3.47. The molecule has 5 nitrogen and oxygen atoms in total. The summed E-state index contributed by atoms with van der Waals surface area (Å²) in [6, 6.07) is 1.44. The SMILES string of the molecule is CCn1c(=O)cc(C)n1CC(=O)O. The van der Waals surface area contributed by atoms with Gasteiger partial charge in [-0.05, 0) is 13.8 Å². The Hall–Kier alpha value is -1.52. The van der Waals surface area contributed by atoms with Gasteiger partial charge in [0.25, 0.3) is 5.56 Å². The van der Waals surface area contributed by atoms with Crippen LogP contribution in [-0.2, 0) is 17.9 Å². The lowest BCUT2D eigenvalue weighted by molar-refractivity contribution is -0.138. The first kappa shape index (κ1) is 9.57. The summed E-state index contributed by atoms with van der Waals surface area (Å²) in [5.74, 6) is -0.944. The van der Waals surface area contributed by atoms with Crippen molar-refractivity contribution in [2.24, 2.45) is 0 Å². The van der Waals surface area contributed by atoms with Gasteiger partial charge in [0.1, 0.15) is 6.54 Å². The van der Waals surface area contributed by atoms with Crippen molar-refractivity contribution in [3.63, 3.8) is 0 Å². The molecule has 0 saturated carbocycles. The minimum Gasteiger partial charge on any atom is -0.480 e. The van der Waals surface area contributed by atoms with Gasteiger partial charge in [0.2, 0.25) is 0 Å². The third-order valence-electron chi connectivity index (χ3n) is 1.87. The molecule has 72 valence electrons. The largest absolute Gasteiger partial charge is 0.480 e. The summed E-state index contributed by atoms with van der Waals surface area (Å²) >= 11 is 0. The van der Waals surface area contributed by atoms with Gasteiger partial charge >= 0.3 is 5.97 Å². The Balaban J connectivity index is 3.17. The Morgan fingerprint density at radius 3 is 2.62 bits per heavy atom. The lowest BCUT2D eigenvalue weighted by Gasteiger charge is -2.08. The number of rotatable bonds is 3. The van der Waals surface area contributed by atoms with E-state index in [0.717, 1.165) is 0 Å². The Morgan fingerprint density at radius 1 is 1.54 bits per heavy atom. The van der Waals surface area contributed by atoms with Gasteiger partial charge in [0.05, 0.1) is 0 Å². The molecule has 0 spiro atoms. The average Bonchev–Trinajstić information content (AvgIpc) is 2.26. The van der Waals surface area contributed by atoms with Crippen LogP contribution in [0.25, 0.3) is 0 Å². The Kier molecular flexibility index (Phi) is 2.55. The molecule has 1 heterocycles. The van der Waals surface area contributed by atoms with Crippen LogP contribution in [0.3, 0.4) is 0 Å². The Morgan fingerprint density at radius 2 is 2.15 bits per heavy atom. The Bertz CT molecular complexity index is 375. The molecule has 0 aliphatic heterocycles. The fourth-order valence-electron chi connectivity index (χ4n) is 1.30. The minimum absolute atomic E-state index is 0.152. The molecule has 0 saturated heterocycles. The minimum atomic E-state index is -0.944. The van der Waals surface area contributed by atoms with E-state index in [2.05, 4.69) is 0 Å². The number of aliphatic carboxylic acids is 1. The molecular formula is C8H12N2O3. The van der Waals surface area contributed by atoms with Gasteiger partial charge in [-0.25, -0.2) is 0 Å². The van der Waals surface area contributed by atoms with E-state index >= 15 is 0 Å². The standard InChI is InChI=1S/C8H12N2O3/c1-3-9-7(11)4-6(2)10(9)5-8(12)13/h4H,3,5H2,1-2H3,(H,12,13). The van der Waals surface area contributed by atoms with Crippen LogP contribution < -0.4 is 5.56 Å². The summed E-state index contributed by atoms with van der Waals surface area (Å²) in [6.07, 6.45) is 0. The van der Waals surface area contributed by atoms with Gasteiger partial charge in [-0.3, -0.25) is 19.0 Å². The fraction of sp³-hybridized carbons (Fsp3) is 0.500. The monoisotopic (exact) mass is 184 g/mol. The van der Waals surface area contributed by atoms with E-state index in [1.807, 2.05) is 0 Å². The summed E-state index contributed by atoms with van der Waals surface area (Å²) < 4.78 is 2.87. The maximum absolute atomic E-state index is 11.2. The lowest BCUT2D eigenvalue weighted by atomic mass is 10.5. The van der Waals surface area contributed by atoms with Gasteiger partial charge in [-0.2, -0.15) is 0 Å². The fourth-order valence-corrected chi connectivity index (χ4v) is 1.30.